The van der Waals surface area contributed by atoms with E-state index in [1.807, 2.05) is 0 Å². The molecule has 116 valence electrons. The van der Waals surface area contributed by atoms with E-state index in [-0.39, 0.29) is 5.60 Å². The largest absolute Gasteiger partial charge is 0.367 e. The highest BCUT2D eigenvalue weighted by Crippen LogP contribution is 2.43. The van der Waals surface area contributed by atoms with Crippen molar-refractivity contribution in [1.82, 2.24) is 9.36 Å². The number of rotatable bonds is 2. The molecule has 1 atom stereocenters. The Morgan fingerprint density at radius 1 is 1.32 bits per heavy atom. The Morgan fingerprint density at radius 3 is 3.00 bits per heavy atom. The van der Waals surface area contributed by atoms with Crippen molar-refractivity contribution in [3.05, 3.63) is 41.2 Å². The third-order valence-electron chi connectivity index (χ3n) is 4.71. The van der Waals surface area contributed by atoms with E-state index in [1.54, 1.807) is 0 Å². The first-order valence-corrected chi connectivity index (χ1v) is 8.76. The summed E-state index contributed by atoms with van der Waals surface area (Å²) in [6.45, 7) is 6.82. The molecule has 2 aromatic rings. The van der Waals surface area contributed by atoms with Gasteiger partial charge in [0, 0.05) is 24.0 Å². The van der Waals surface area contributed by atoms with E-state index in [4.69, 9.17) is 9.72 Å². The molecule has 1 saturated heterocycles. The molecule has 2 heterocycles. The Kier molecular flexibility index (Phi) is 3.42. The van der Waals surface area contributed by atoms with E-state index < -0.39 is 0 Å². The van der Waals surface area contributed by atoms with Crippen molar-refractivity contribution in [2.24, 2.45) is 0 Å². The van der Waals surface area contributed by atoms with Crippen LogP contribution in [-0.4, -0.2) is 29.1 Å². The van der Waals surface area contributed by atoms with E-state index in [2.05, 4.69) is 47.4 Å². The highest BCUT2D eigenvalue weighted by atomic mass is 32.1. The molecule has 5 heteroatoms. The van der Waals surface area contributed by atoms with Gasteiger partial charge in [-0.15, -0.1) is 0 Å². The van der Waals surface area contributed by atoms with Gasteiger partial charge in [0.05, 0.1) is 13.2 Å². The average molecular weight is 315 g/mol. The van der Waals surface area contributed by atoms with E-state index in [9.17, 15) is 0 Å². The minimum atomic E-state index is -0.154. The molecule has 1 unspecified atom stereocenters. The molecule has 1 aromatic heterocycles. The number of ether oxygens (including phenoxy) is 1. The van der Waals surface area contributed by atoms with Crippen LogP contribution in [0.25, 0.3) is 0 Å². The number of morpholine rings is 1. The number of hydrogen-bond acceptors (Lipinski definition) is 5. The molecule has 1 spiro atoms. The zero-order valence-electron chi connectivity index (χ0n) is 13.1. The summed E-state index contributed by atoms with van der Waals surface area (Å²) in [5.74, 6) is 1.33. The Bertz CT molecular complexity index is 680. The first-order chi connectivity index (χ1) is 10.7. The standard InChI is InChI=1S/C17H21N3OS/c1-12(2)15-18-16(22-19-15)20-9-10-21-17(11-20)8-7-13-5-3-4-6-14(13)17/h3-6,12H,7-11H2,1-2H3. The lowest BCUT2D eigenvalue weighted by Gasteiger charge is -2.41. The normalized spacial score (nSPS) is 24.2. The van der Waals surface area contributed by atoms with Crippen LogP contribution < -0.4 is 4.90 Å². The topological polar surface area (TPSA) is 38.2 Å². The van der Waals surface area contributed by atoms with Gasteiger partial charge in [0.2, 0.25) is 5.13 Å². The summed E-state index contributed by atoms with van der Waals surface area (Å²) in [7, 11) is 0. The predicted molar refractivity (Wildman–Crippen MR) is 88.6 cm³/mol. The Hall–Kier alpha value is -1.46. The second-order valence-electron chi connectivity index (χ2n) is 6.51. The maximum Gasteiger partial charge on any atom is 0.205 e. The Labute approximate surface area is 135 Å². The molecule has 1 aromatic carbocycles. The number of anilines is 1. The number of fused-ring (bicyclic) bond motifs is 2. The lowest BCUT2D eigenvalue weighted by atomic mass is 9.94. The van der Waals surface area contributed by atoms with Crippen LogP contribution in [0.2, 0.25) is 0 Å². The molecule has 1 fully saturated rings. The third-order valence-corrected chi connectivity index (χ3v) is 5.50. The summed E-state index contributed by atoms with van der Waals surface area (Å²) in [6.07, 6.45) is 2.18. The SMILES string of the molecule is CC(C)c1nsc(N2CCOC3(CCc4ccccc43)C2)n1. The van der Waals surface area contributed by atoms with Gasteiger partial charge >= 0.3 is 0 Å². The summed E-state index contributed by atoms with van der Waals surface area (Å²) >= 11 is 1.52. The zero-order valence-corrected chi connectivity index (χ0v) is 13.9. The summed E-state index contributed by atoms with van der Waals surface area (Å²) in [6, 6.07) is 8.70. The molecular formula is C17H21N3OS. The van der Waals surface area contributed by atoms with Gasteiger partial charge in [0.1, 0.15) is 11.4 Å². The second-order valence-corrected chi connectivity index (χ2v) is 7.24. The lowest BCUT2D eigenvalue weighted by molar-refractivity contribution is -0.0592. The summed E-state index contributed by atoms with van der Waals surface area (Å²) in [4.78, 5) is 7.08. The summed E-state index contributed by atoms with van der Waals surface area (Å²) in [5.41, 5.74) is 2.65. The molecule has 4 nitrogen and oxygen atoms in total. The van der Waals surface area contributed by atoms with Crippen LogP contribution in [-0.2, 0) is 16.8 Å². The van der Waals surface area contributed by atoms with Gasteiger partial charge in [-0.05, 0) is 24.0 Å². The number of hydrogen-bond donors (Lipinski definition) is 0. The Morgan fingerprint density at radius 2 is 2.18 bits per heavy atom. The molecule has 4 rings (SSSR count). The molecule has 0 radical (unpaired) electrons. The van der Waals surface area contributed by atoms with Crippen LogP contribution in [0.15, 0.2) is 24.3 Å². The number of aromatic nitrogens is 2. The summed E-state index contributed by atoms with van der Waals surface area (Å²) < 4.78 is 10.8. The van der Waals surface area contributed by atoms with E-state index in [0.29, 0.717) is 5.92 Å². The molecule has 2 aliphatic rings. The fourth-order valence-electron chi connectivity index (χ4n) is 3.51. The number of nitrogens with zero attached hydrogens (tertiary/aromatic N) is 3. The van der Waals surface area contributed by atoms with Crippen molar-refractivity contribution < 1.29 is 4.74 Å². The minimum Gasteiger partial charge on any atom is -0.367 e. The smallest absolute Gasteiger partial charge is 0.205 e. The minimum absolute atomic E-state index is 0.154. The first kappa shape index (κ1) is 14.2. The van der Waals surface area contributed by atoms with Crippen molar-refractivity contribution in [3.63, 3.8) is 0 Å². The predicted octanol–water partition coefficient (Wildman–Crippen LogP) is 3.34. The van der Waals surface area contributed by atoms with Gasteiger partial charge in [0.25, 0.3) is 0 Å². The van der Waals surface area contributed by atoms with Crippen molar-refractivity contribution in [2.45, 2.75) is 38.2 Å². The van der Waals surface area contributed by atoms with E-state index >= 15 is 0 Å². The molecule has 0 N–H and O–H groups in total. The number of benzene rings is 1. The molecule has 22 heavy (non-hydrogen) atoms. The van der Waals surface area contributed by atoms with Gasteiger partial charge in [-0.3, -0.25) is 0 Å². The number of aryl methyl sites for hydroxylation is 1. The average Bonchev–Trinajstić information content (AvgIpc) is 3.15. The fraction of sp³-hybridized carbons (Fsp3) is 0.529. The van der Waals surface area contributed by atoms with E-state index in [1.165, 1.54) is 22.7 Å². The molecule has 1 aliphatic carbocycles. The highest BCUT2D eigenvalue weighted by molar-refractivity contribution is 7.09. The highest BCUT2D eigenvalue weighted by Gasteiger charge is 2.43. The molecular weight excluding hydrogens is 294 g/mol. The summed E-state index contributed by atoms with van der Waals surface area (Å²) in [5, 5.41) is 1.04. The zero-order chi connectivity index (χ0) is 15.2. The van der Waals surface area contributed by atoms with Gasteiger partial charge < -0.3 is 9.64 Å². The maximum atomic E-state index is 6.27. The third kappa shape index (κ3) is 2.23. The van der Waals surface area contributed by atoms with Crippen molar-refractivity contribution in [3.8, 4) is 0 Å². The Balaban J connectivity index is 1.62. The lowest BCUT2D eigenvalue weighted by Crippen LogP contribution is -2.49. The molecule has 1 aliphatic heterocycles. The maximum absolute atomic E-state index is 6.27. The molecule has 0 saturated carbocycles. The van der Waals surface area contributed by atoms with Gasteiger partial charge in [0.15, 0.2) is 0 Å². The quantitative estimate of drug-likeness (QED) is 0.852. The van der Waals surface area contributed by atoms with Gasteiger partial charge in [-0.1, -0.05) is 38.1 Å². The van der Waals surface area contributed by atoms with Gasteiger partial charge in [-0.2, -0.15) is 4.37 Å². The monoisotopic (exact) mass is 315 g/mol. The van der Waals surface area contributed by atoms with E-state index in [0.717, 1.165) is 43.5 Å². The van der Waals surface area contributed by atoms with Crippen LogP contribution in [0.1, 0.15) is 43.1 Å². The molecule has 0 amide bonds. The van der Waals surface area contributed by atoms with Crippen LogP contribution in [0, 0.1) is 0 Å². The first-order valence-electron chi connectivity index (χ1n) is 7.99. The van der Waals surface area contributed by atoms with Crippen molar-refractivity contribution in [2.75, 3.05) is 24.6 Å². The fourth-order valence-corrected chi connectivity index (χ4v) is 4.34. The van der Waals surface area contributed by atoms with Crippen molar-refractivity contribution in [1.29, 1.82) is 0 Å². The van der Waals surface area contributed by atoms with Crippen LogP contribution >= 0.6 is 11.5 Å². The van der Waals surface area contributed by atoms with Crippen LogP contribution in [0.5, 0.6) is 0 Å². The second kappa shape index (κ2) is 5.32. The van der Waals surface area contributed by atoms with Gasteiger partial charge in [-0.25, -0.2) is 4.98 Å². The van der Waals surface area contributed by atoms with Crippen LogP contribution in [0.3, 0.4) is 0 Å². The van der Waals surface area contributed by atoms with Crippen LogP contribution in [0.4, 0.5) is 5.13 Å². The van der Waals surface area contributed by atoms with Crippen molar-refractivity contribution >= 4 is 16.7 Å². The molecule has 0 bridgehead atoms.